The fourth-order valence-corrected chi connectivity index (χ4v) is 3.04. The molecule has 1 atom stereocenters. The molecular formula is C20H19F2N7O. The Kier molecular flexibility index (Phi) is 5.13. The lowest BCUT2D eigenvalue weighted by Crippen LogP contribution is -2.13. The van der Waals surface area contributed by atoms with Gasteiger partial charge in [0.15, 0.2) is 5.65 Å². The maximum atomic E-state index is 12.6. The number of aryl methyl sites for hydroxylation is 1. The van der Waals surface area contributed by atoms with Crippen molar-refractivity contribution in [1.29, 1.82) is 0 Å². The van der Waals surface area contributed by atoms with Crippen LogP contribution in [0, 0.1) is 6.92 Å². The predicted octanol–water partition coefficient (Wildman–Crippen LogP) is 4.28. The van der Waals surface area contributed by atoms with Crippen LogP contribution in [0.15, 0.2) is 49.1 Å². The second-order valence-corrected chi connectivity index (χ2v) is 6.86. The van der Waals surface area contributed by atoms with Crippen molar-refractivity contribution >= 4 is 28.6 Å². The number of fused-ring (bicyclic) bond motifs is 1. The van der Waals surface area contributed by atoms with Crippen molar-refractivity contribution in [2.75, 3.05) is 10.6 Å². The van der Waals surface area contributed by atoms with Crippen LogP contribution in [0.25, 0.3) is 11.2 Å². The van der Waals surface area contributed by atoms with E-state index in [9.17, 15) is 13.6 Å². The smallest absolute Gasteiger partial charge is 0.333 e. The minimum Gasteiger partial charge on any atom is -0.362 e. The third kappa shape index (κ3) is 3.97. The summed E-state index contributed by atoms with van der Waals surface area (Å²) in [4.78, 5) is 24.3. The second kappa shape index (κ2) is 7.90. The Labute approximate surface area is 170 Å². The number of H-pyrrole nitrogens is 1. The maximum absolute atomic E-state index is 12.6. The summed E-state index contributed by atoms with van der Waals surface area (Å²) < 4.78 is 25.7. The van der Waals surface area contributed by atoms with Crippen LogP contribution in [0.4, 0.5) is 20.3 Å². The topological polar surface area (TPSA) is 101 Å². The second-order valence-electron chi connectivity index (χ2n) is 6.86. The number of carbonyl (C=O) groups is 1. The molecule has 10 heteroatoms. The largest absolute Gasteiger partial charge is 0.362 e. The van der Waals surface area contributed by atoms with Crippen LogP contribution in [0.3, 0.4) is 0 Å². The molecule has 0 saturated heterocycles. The van der Waals surface area contributed by atoms with Crippen molar-refractivity contribution in [2.45, 2.75) is 26.4 Å². The standard InChI is InChI=1S/C20H19F2N7O/c1-11-7-23-18-17(11)28-16(9-24-18)26-12(2)13-4-3-5-15(6-13)27-19(30)14-8-25-29(10-14)20(21)22/h3-10,12,20H,1-2H3,(H,23,24)(H,26,28)(H,27,30)/t12-/m0/s1. The molecule has 3 N–H and O–H groups in total. The third-order valence-electron chi connectivity index (χ3n) is 4.64. The average Bonchev–Trinajstić information content (AvgIpc) is 3.36. The van der Waals surface area contributed by atoms with Crippen molar-refractivity contribution in [3.05, 3.63) is 65.7 Å². The van der Waals surface area contributed by atoms with E-state index in [4.69, 9.17) is 0 Å². The Balaban J connectivity index is 1.47. The first-order valence-corrected chi connectivity index (χ1v) is 9.21. The number of hydrogen-bond donors (Lipinski definition) is 3. The van der Waals surface area contributed by atoms with Crippen LogP contribution in [0.5, 0.6) is 0 Å². The van der Waals surface area contributed by atoms with Crippen molar-refractivity contribution in [3.8, 4) is 0 Å². The van der Waals surface area contributed by atoms with Gasteiger partial charge in [-0.15, -0.1) is 0 Å². The van der Waals surface area contributed by atoms with Gasteiger partial charge in [0.05, 0.1) is 24.0 Å². The number of rotatable bonds is 6. The summed E-state index contributed by atoms with van der Waals surface area (Å²) >= 11 is 0. The lowest BCUT2D eigenvalue weighted by molar-refractivity contribution is 0.0565. The van der Waals surface area contributed by atoms with Crippen molar-refractivity contribution in [1.82, 2.24) is 24.7 Å². The van der Waals surface area contributed by atoms with Gasteiger partial charge in [0.25, 0.3) is 5.91 Å². The summed E-state index contributed by atoms with van der Waals surface area (Å²) in [7, 11) is 0. The summed E-state index contributed by atoms with van der Waals surface area (Å²) in [5, 5.41) is 9.47. The molecule has 0 radical (unpaired) electrons. The predicted molar refractivity (Wildman–Crippen MR) is 109 cm³/mol. The average molecular weight is 411 g/mol. The van der Waals surface area contributed by atoms with Gasteiger partial charge in [-0.05, 0) is 37.1 Å². The van der Waals surface area contributed by atoms with E-state index in [-0.39, 0.29) is 11.6 Å². The number of anilines is 2. The zero-order valence-electron chi connectivity index (χ0n) is 16.2. The van der Waals surface area contributed by atoms with Gasteiger partial charge >= 0.3 is 6.55 Å². The van der Waals surface area contributed by atoms with Crippen LogP contribution in [-0.2, 0) is 0 Å². The van der Waals surface area contributed by atoms with Gasteiger partial charge in [-0.2, -0.15) is 13.9 Å². The third-order valence-corrected chi connectivity index (χ3v) is 4.64. The number of alkyl halides is 2. The molecule has 0 fully saturated rings. The number of hydrogen-bond acceptors (Lipinski definition) is 5. The molecule has 0 saturated carbocycles. The molecule has 154 valence electrons. The highest BCUT2D eigenvalue weighted by atomic mass is 19.3. The quantitative estimate of drug-likeness (QED) is 0.440. The first-order valence-electron chi connectivity index (χ1n) is 9.21. The van der Waals surface area contributed by atoms with Gasteiger partial charge in [-0.25, -0.2) is 14.6 Å². The Morgan fingerprint density at radius 3 is 2.87 bits per heavy atom. The van der Waals surface area contributed by atoms with E-state index in [1.165, 1.54) is 0 Å². The van der Waals surface area contributed by atoms with Crippen molar-refractivity contribution in [2.24, 2.45) is 0 Å². The molecule has 0 aliphatic heterocycles. The zero-order chi connectivity index (χ0) is 21.3. The summed E-state index contributed by atoms with van der Waals surface area (Å²) in [6.45, 7) is 1.13. The molecule has 1 aromatic carbocycles. The van der Waals surface area contributed by atoms with Gasteiger partial charge in [0, 0.05) is 18.1 Å². The molecule has 0 bridgehead atoms. The number of nitrogens with one attached hydrogen (secondary N) is 3. The summed E-state index contributed by atoms with van der Waals surface area (Å²) in [6, 6.07) is 7.13. The first-order chi connectivity index (χ1) is 14.4. The van der Waals surface area contributed by atoms with E-state index in [2.05, 4.69) is 30.7 Å². The molecule has 0 unspecified atom stereocenters. The van der Waals surface area contributed by atoms with Crippen molar-refractivity contribution < 1.29 is 13.6 Å². The number of halogens is 2. The molecule has 0 spiro atoms. The van der Waals surface area contributed by atoms with Crippen LogP contribution in [-0.4, -0.2) is 30.6 Å². The Hall–Kier alpha value is -3.82. The van der Waals surface area contributed by atoms with E-state index in [1.807, 2.05) is 26.1 Å². The highest BCUT2D eigenvalue weighted by molar-refractivity contribution is 6.03. The van der Waals surface area contributed by atoms with E-state index < -0.39 is 12.5 Å². The number of aromatic nitrogens is 5. The Morgan fingerprint density at radius 1 is 1.27 bits per heavy atom. The highest BCUT2D eigenvalue weighted by Gasteiger charge is 2.14. The number of carbonyl (C=O) groups excluding carboxylic acids is 1. The van der Waals surface area contributed by atoms with E-state index in [0.29, 0.717) is 16.2 Å². The Bertz CT molecular complexity index is 1200. The van der Waals surface area contributed by atoms with E-state index in [1.54, 1.807) is 24.4 Å². The first kappa shape index (κ1) is 19.5. The van der Waals surface area contributed by atoms with E-state index in [0.717, 1.165) is 34.7 Å². The molecule has 0 aliphatic carbocycles. The monoisotopic (exact) mass is 411 g/mol. The van der Waals surface area contributed by atoms with E-state index >= 15 is 0 Å². The van der Waals surface area contributed by atoms with Gasteiger partial charge in [-0.1, -0.05) is 12.1 Å². The SMILES string of the molecule is Cc1c[nH]c2ncc(N[C@@H](C)c3cccc(NC(=O)c4cnn(C(F)F)c4)c3)nc12. The summed E-state index contributed by atoms with van der Waals surface area (Å²) in [5.74, 6) is 0.116. The minimum atomic E-state index is -2.79. The summed E-state index contributed by atoms with van der Waals surface area (Å²) in [6.07, 6.45) is 5.62. The van der Waals surface area contributed by atoms with Crippen LogP contribution in [0.2, 0.25) is 0 Å². The van der Waals surface area contributed by atoms with Crippen LogP contribution < -0.4 is 10.6 Å². The fraction of sp³-hybridized carbons (Fsp3) is 0.200. The normalized spacial score (nSPS) is 12.3. The lowest BCUT2D eigenvalue weighted by atomic mass is 10.1. The molecule has 4 rings (SSSR count). The Morgan fingerprint density at radius 2 is 2.10 bits per heavy atom. The van der Waals surface area contributed by atoms with Gasteiger partial charge in [0.2, 0.25) is 0 Å². The molecule has 3 aromatic heterocycles. The fourth-order valence-electron chi connectivity index (χ4n) is 3.04. The molecule has 3 heterocycles. The number of benzene rings is 1. The molecule has 1 amide bonds. The number of amides is 1. The highest BCUT2D eigenvalue weighted by Crippen LogP contribution is 2.23. The number of nitrogens with zero attached hydrogens (tertiary/aromatic N) is 4. The van der Waals surface area contributed by atoms with Gasteiger partial charge in [-0.3, -0.25) is 4.79 Å². The zero-order valence-corrected chi connectivity index (χ0v) is 16.2. The van der Waals surface area contributed by atoms with Gasteiger partial charge in [0.1, 0.15) is 11.3 Å². The maximum Gasteiger partial charge on any atom is 0.333 e. The van der Waals surface area contributed by atoms with Crippen LogP contribution in [0.1, 0.15) is 41.0 Å². The lowest BCUT2D eigenvalue weighted by Gasteiger charge is -2.16. The molecule has 0 aliphatic rings. The molecular weight excluding hydrogens is 392 g/mol. The van der Waals surface area contributed by atoms with Gasteiger partial charge < -0.3 is 15.6 Å². The minimum absolute atomic E-state index is 0.0531. The molecule has 30 heavy (non-hydrogen) atoms. The number of aromatic amines is 1. The molecule has 8 nitrogen and oxygen atoms in total. The van der Waals surface area contributed by atoms with Crippen LogP contribution >= 0.6 is 0 Å². The van der Waals surface area contributed by atoms with Crippen molar-refractivity contribution in [3.63, 3.8) is 0 Å². The summed E-state index contributed by atoms with van der Waals surface area (Å²) in [5.41, 5.74) is 4.04. The molecule has 4 aromatic rings.